The van der Waals surface area contributed by atoms with E-state index >= 15 is 0 Å². The van der Waals surface area contributed by atoms with E-state index in [-0.39, 0.29) is 29.3 Å². The van der Waals surface area contributed by atoms with Gasteiger partial charge in [0, 0.05) is 24.7 Å². The minimum atomic E-state index is -3.58. The van der Waals surface area contributed by atoms with Crippen molar-refractivity contribution in [2.45, 2.75) is 44.0 Å². The van der Waals surface area contributed by atoms with Crippen LogP contribution in [0.15, 0.2) is 29.2 Å². The fourth-order valence-electron chi connectivity index (χ4n) is 2.49. The summed E-state index contributed by atoms with van der Waals surface area (Å²) in [5.41, 5.74) is 6.03. The number of sulfonamides is 1. The van der Waals surface area contributed by atoms with Gasteiger partial charge in [-0.15, -0.1) is 12.4 Å². The summed E-state index contributed by atoms with van der Waals surface area (Å²) in [5.74, 6) is 0.565. The van der Waals surface area contributed by atoms with Crippen molar-refractivity contribution < 1.29 is 13.2 Å². The first-order chi connectivity index (χ1) is 11.3. The summed E-state index contributed by atoms with van der Waals surface area (Å²) >= 11 is 0. The first-order valence-electron chi connectivity index (χ1n) is 8.42. The molecular weight excluding hydrogens is 362 g/mol. The lowest BCUT2D eigenvalue weighted by atomic mass is 10.0. The Morgan fingerprint density at radius 2 is 2.00 bits per heavy atom. The molecule has 1 fully saturated rings. The minimum absolute atomic E-state index is 0. The average molecular weight is 390 g/mol. The van der Waals surface area contributed by atoms with Crippen molar-refractivity contribution in [1.29, 1.82) is 0 Å². The van der Waals surface area contributed by atoms with Crippen LogP contribution >= 0.6 is 12.4 Å². The number of carbonyl (C=O) groups is 1. The molecule has 8 heteroatoms. The lowest BCUT2D eigenvalue weighted by Crippen LogP contribution is -2.41. The zero-order valence-corrected chi connectivity index (χ0v) is 16.3. The zero-order valence-electron chi connectivity index (χ0n) is 14.7. The number of hydrogen-bond donors (Lipinski definition) is 3. The Balaban J connectivity index is 0.00000312. The topological polar surface area (TPSA) is 101 Å². The van der Waals surface area contributed by atoms with E-state index in [1.807, 2.05) is 0 Å². The highest BCUT2D eigenvalue weighted by Crippen LogP contribution is 2.28. The van der Waals surface area contributed by atoms with Gasteiger partial charge >= 0.3 is 0 Å². The van der Waals surface area contributed by atoms with Crippen molar-refractivity contribution in [1.82, 2.24) is 10.0 Å². The first kappa shape index (κ1) is 21.9. The summed E-state index contributed by atoms with van der Waals surface area (Å²) in [4.78, 5) is 12.5. The number of hydrogen-bond acceptors (Lipinski definition) is 4. The molecule has 0 saturated heterocycles. The number of rotatable bonds is 9. The van der Waals surface area contributed by atoms with E-state index < -0.39 is 10.0 Å². The van der Waals surface area contributed by atoms with Gasteiger partial charge in [-0.05, 0) is 49.3 Å². The quantitative estimate of drug-likeness (QED) is 0.600. The monoisotopic (exact) mass is 389 g/mol. The summed E-state index contributed by atoms with van der Waals surface area (Å²) in [6.45, 7) is 4.94. The second-order valence-corrected chi connectivity index (χ2v) is 8.63. The van der Waals surface area contributed by atoms with E-state index in [0.717, 1.165) is 19.3 Å². The molecule has 1 amide bonds. The minimum Gasteiger partial charge on any atom is -0.348 e. The van der Waals surface area contributed by atoms with Gasteiger partial charge in [0.25, 0.3) is 5.91 Å². The molecule has 1 aliphatic carbocycles. The molecule has 0 heterocycles. The van der Waals surface area contributed by atoms with Gasteiger partial charge in [0.05, 0.1) is 4.90 Å². The molecule has 0 radical (unpaired) electrons. The van der Waals surface area contributed by atoms with Gasteiger partial charge in [-0.3, -0.25) is 4.79 Å². The first-order valence-corrected chi connectivity index (χ1v) is 9.90. The van der Waals surface area contributed by atoms with Crippen LogP contribution in [0.2, 0.25) is 0 Å². The summed E-state index contributed by atoms with van der Waals surface area (Å²) in [6.07, 6.45) is 2.92. The fourth-order valence-corrected chi connectivity index (χ4v) is 3.65. The van der Waals surface area contributed by atoms with Crippen LogP contribution in [-0.2, 0) is 10.0 Å². The smallest absolute Gasteiger partial charge is 0.251 e. The van der Waals surface area contributed by atoms with Crippen molar-refractivity contribution in [2.24, 2.45) is 17.6 Å². The van der Waals surface area contributed by atoms with Crippen LogP contribution in [0.4, 0.5) is 0 Å². The highest BCUT2D eigenvalue weighted by molar-refractivity contribution is 7.89. The van der Waals surface area contributed by atoms with E-state index in [4.69, 9.17) is 5.73 Å². The van der Waals surface area contributed by atoms with Crippen LogP contribution in [0, 0.1) is 11.8 Å². The normalized spacial score (nSPS) is 15.5. The van der Waals surface area contributed by atoms with Crippen LogP contribution in [0.3, 0.4) is 0 Å². The molecular formula is C17H28ClN3O3S. The van der Waals surface area contributed by atoms with Gasteiger partial charge < -0.3 is 11.1 Å². The van der Waals surface area contributed by atoms with Crippen LogP contribution in [0.25, 0.3) is 0 Å². The molecule has 1 atom stereocenters. The standard InChI is InChI=1S/C17H27N3O3S.ClH/c1-12(2)8-15(10-18)20-17(21)14-4-3-5-16(9-14)24(22,23)19-11-13-6-7-13;/h3-5,9,12-13,15,19H,6-8,10-11,18H2,1-2H3,(H,20,21);1H. The highest BCUT2D eigenvalue weighted by Gasteiger charge is 2.24. The van der Waals surface area contributed by atoms with Crippen molar-refractivity contribution in [3.05, 3.63) is 29.8 Å². The average Bonchev–Trinajstić information content (AvgIpc) is 3.36. The Morgan fingerprint density at radius 1 is 1.32 bits per heavy atom. The summed E-state index contributed by atoms with van der Waals surface area (Å²) in [5, 5.41) is 2.87. The molecule has 1 aromatic rings. The van der Waals surface area contributed by atoms with Crippen molar-refractivity contribution in [2.75, 3.05) is 13.1 Å². The predicted octanol–water partition coefficient (Wildman–Crippen LogP) is 1.90. The van der Waals surface area contributed by atoms with Gasteiger partial charge in [-0.25, -0.2) is 13.1 Å². The number of nitrogens with one attached hydrogen (secondary N) is 2. The number of benzene rings is 1. The third-order valence-electron chi connectivity index (χ3n) is 4.04. The van der Waals surface area contributed by atoms with Crippen molar-refractivity contribution in [3.63, 3.8) is 0 Å². The Kier molecular flexibility index (Phi) is 8.34. The van der Waals surface area contributed by atoms with Crippen LogP contribution < -0.4 is 15.8 Å². The van der Waals surface area contributed by atoms with Crippen molar-refractivity contribution in [3.8, 4) is 0 Å². The molecule has 25 heavy (non-hydrogen) atoms. The lowest BCUT2D eigenvalue weighted by Gasteiger charge is -2.19. The molecule has 4 N–H and O–H groups in total. The Hall–Kier alpha value is -1.15. The molecule has 0 aliphatic heterocycles. The molecule has 1 aliphatic rings. The number of carbonyl (C=O) groups excluding carboxylic acids is 1. The third-order valence-corrected chi connectivity index (χ3v) is 5.46. The maximum atomic E-state index is 12.4. The molecule has 1 unspecified atom stereocenters. The second-order valence-electron chi connectivity index (χ2n) is 6.86. The summed E-state index contributed by atoms with van der Waals surface area (Å²) < 4.78 is 27.2. The van der Waals surface area contributed by atoms with Gasteiger partial charge in [0.1, 0.15) is 0 Å². The molecule has 0 bridgehead atoms. The summed E-state index contributed by atoms with van der Waals surface area (Å²) in [6, 6.07) is 5.98. The van der Waals surface area contributed by atoms with E-state index in [1.54, 1.807) is 12.1 Å². The van der Waals surface area contributed by atoms with Gasteiger partial charge in [-0.2, -0.15) is 0 Å². The maximum Gasteiger partial charge on any atom is 0.251 e. The molecule has 2 rings (SSSR count). The number of nitrogens with two attached hydrogens (primary N) is 1. The highest BCUT2D eigenvalue weighted by atomic mass is 35.5. The van der Waals surface area contributed by atoms with E-state index in [2.05, 4.69) is 23.9 Å². The maximum absolute atomic E-state index is 12.4. The van der Waals surface area contributed by atoms with E-state index in [0.29, 0.717) is 30.5 Å². The largest absolute Gasteiger partial charge is 0.348 e. The van der Waals surface area contributed by atoms with Crippen LogP contribution in [0.5, 0.6) is 0 Å². The second kappa shape index (κ2) is 9.52. The molecule has 142 valence electrons. The molecule has 1 aromatic carbocycles. The fraction of sp³-hybridized carbons (Fsp3) is 0.588. The van der Waals surface area contributed by atoms with E-state index in [9.17, 15) is 13.2 Å². The molecule has 1 saturated carbocycles. The number of amides is 1. The Bertz CT molecular complexity index is 675. The molecule has 0 spiro atoms. The van der Waals surface area contributed by atoms with Gasteiger partial charge in [0.2, 0.25) is 10.0 Å². The van der Waals surface area contributed by atoms with Gasteiger partial charge in [0.15, 0.2) is 0 Å². The van der Waals surface area contributed by atoms with E-state index in [1.165, 1.54) is 12.1 Å². The Morgan fingerprint density at radius 3 is 2.56 bits per heavy atom. The lowest BCUT2D eigenvalue weighted by molar-refractivity contribution is 0.0933. The SMILES string of the molecule is CC(C)CC(CN)NC(=O)c1cccc(S(=O)(=O)NCC2CC2)c1.Cl. The van der Waals surface area contributed by atoms with Crippen LogP contribution in [0.1, 0.15) is 43.5 Å². The Labute approximate surface area is 156 Å². The summed E-state index contributed by atoms with van der Waals surface area (Å²) in [7, 11) is -3.58. The van der Waals surface area contributed by atoms with Crippen LogP contribution in [-0.4, -0.2) is 33.5 Å². The number of halogens is 1. The van der Waals surface area contributed by atoms with Gasteiger partial charge in [-0.1, -0.05) is 19.9 Å². The van der Waals surface area contributed by atoms with Crippen molar-refractivity contribution >= 4 is 28.3 Å². The predicted molar refractivity (Wildman–Crippen MR) is 101 cm³/mol. The molecule has 0 aromatic heterocycles. The zero-order chi connectivity index (χ0) is 17.7. The molecule has 6 nitrogen and oxygen atoms in total. The third kappa shape index (κ3) is 6.93.